The molecule has 0 aromatic carbocycles. The van der Waals surface area contributed by atoms with Gasteiger partial charge < -0.3 is 10.0 Å². The van der Waals surface area contributed by atoms with Crippen LogP contribution in [0.3, 0.4) is 0 Å². The van der Waals surface area contributed by atoms with E-state index in [1.165, 1.54) is 0 Å². The van der Waals surface area contributed by atoms with Gasteiger partial charge in [-0.15, -0.1) is 0 Å². The molecule has 1 N–H and O–H groups in total. The van der Waals surface area contributed by atoms with Gasteiger partial charge in [0.1, 0.15) is 11.5 Å². The summed E-state index contributed by atoms with van der Waals surface area (Å²) in [6.45, 7) is 7.30. The number of nitrogens with zero attached hydrogens (tertiary/aromatic N) is 2. The van der Waals surface area contributed by atoms with E-state index in [0.29, 0.717) is 5.69 Å². The number of pyridine rings is 1. The highest BCUT2D eigenvalue weighted by atomic mass is 16.3. The van der Waals surface area contributed by atoms with Gasteiger partial charge in [-0.3, -0.25) is 0 Å². The Bertz CT molecular complexity index is 369. The summed E-state index contributed by atoms with van der Waals surface area (Å²) in [4.78, 5) is 6.07. The van der Waals surface area contributed by atoms with Crippen molar-refractivity contribution >= 4 is 11.5 Å². The van der Waals surface area contributed by atoms with Gasteiger partial charge >= 0.3 is 0 Å². The molecule has 0 saturated heterocycles. The summed E-state index contributed by atoms with van der Waals surface area (Å²) < 4.78 is 0. The van der Waals surface area contributed by atoms with Crippen molar-refractivity contribution in [3.63, 3.8) is 0 Å². The van der Waals surface area contributed by atoms with Crippen molar-refractivity contribution in [3.8, 4) is 0 Å². The van der Waals surface area contributed by atoms with Crippen LogP contribution >= 0.6 is 0 Å². The van der Waals surface area contributed by atoms with Gasteiger partial charge in [-0.2, -0.15) is 0 Å². The molecule has 0 aliphatic rings. The number of rotatable bonds is 3. The zero-order chi connectivity index (χ0) is 10.7. The molecule has 0 amide bonds. The summed E-state index contributed by atoms with van der Waals surface area (Å²) in [5.74, 6) is -0.0293. The Morgan fingerprint density at radius 2 is 1.86 bits per heavy atom. The number of aliphatic hydroxyl groups is 1. The van der Waals surface area contributed by atoms with Crippen LogP contribution in [-0.4, -0.2) is 29.1 Å². The third-order valence-electron chi connectivity index (χ3n) is 1.88. The maximum absolute atomic E-state index is 9.17. The Kier molecular flexibility index (Phi) is 2.92. The molecule has 74 valence electrons. The topological polar surface area (TPSA) is 36.4 Å². The number of hydrogen-bond donors (Lipinski definition) is 1. The predicted octanol–water partition coefficient (Wildman–Crippen LogP) is 2.14. The number of hydrogen-bond acceptors (Lipinski definition) is 3. The molecular formula is C11H14N2O. The highest BCUT2D eigenvalue weighted by Gasteiger charge is 2.04. The fourth-order valence-corrected chi connectivity index (χ4v) is 0.985. The van der Waals surface area contributed by atoms with Gasteiger partial charge in [-0.25, -0.2) is 4.98 Å². The first-order chi connectivity index (χ1) is 6.52. The second-order valence-corrected chi connectivity index (χ2v) is 3.20. The molecule has 0 aliphatic carbocycles. The van der Waals surface area contributed by atoms with Gasteiger partial charge in [0.2, 0.25) is 0 Å². The van der Waals surface area contributed by atoms with Crippen LogP contribution in [0.1, 0.15) is 11.4 Å². The third-order valence-corrected chi connectivity index (χ3v) is 1.88. The van der Waals surface area contributed by atoms with Crippen LogP contribution in [0.4, 0.5) is 0 Å². The molecule has 0 saturated carbocycles. The lowest BCUT2D eigenvalue weighted by Gasteiger charge is -2.15. The lowest BCUT2D eigenvalue weighted by molar-refractivity contribution is 0.510. The summed E-state index contributed by atoms with van der Waals surface area (Å²) in [6, 6.07) is 5.36. The Morgan fingerprint density at radius 1 is 1.29 bits per heavy atom. The molecule has 3 heteroatoms. The summed E-state index contributed by atoms with van der Waals surface area (Å²) >= 11 is 0. The van der Waals surface area contributed by atoms with Crippen molar-refractivity contribution < 1.29 is 5.11 Å². The lowest BCUT2D eigenvalue weighted by Crippen LogP contribution is -2.10. The second-order valence-electron chi connectivity index (χ2n) is 3.20. The number of aromatic nitrogens is 1. The largest absolute Gasteiger partial charge is 0.506 e. The van der Waals surface area contributed by atoms with E-state index in [-0.39, 0.29) is 5.76 Å². The maximum Gasteiger partial charge on any atom is 0.134 e. The second kappa shape index (κ2) is 3.96. The highest BCUT2D eigenvalue weighted by Crippen LogP contribution is 2.14. The summed E-state index contributed by atoms with van der Waals surface area (Å²) in [5.41, 5.74) is 2.02. The van der Waals surface area contributed by atoms with Gasteiger partial charge in [-0.05, 0) is 12.1 Å². The third kappa shape index (κ3) is 2.13. The van der Waals surface area contributed by atoms with Crippen LogP contribution in [-0.2, 0) is 0 Å². The van der Waals surface area contributed by atoms with Crippen LogP contribution in [0.15, 0.2) is 31.4 Å². The van der Waals surface area contributed by atoms with Crippen LogP contribution in [0, 0.1) is 0 Å². The van der Waals surface area contributed by atoms with Gasteiger partial charge in [0.05, 0.1) is 11.4 Å². The first kappa shape index (κ1) is 10.3. The van der Waals surface area contributed by atoms with E-state index in [1.807, 2.05) is 31.1 Å². The van der Waals surface area contributed by atoms with Gasteiger partial charge in [0.25, 0.3) is 0 Å². The number of aliphatic hydroxyl groups excluding tert-OH is 1. The monoisotopic (exact) mass is 190 g/mol. The van der Waals surface area contributed by atoms with Gasteiger partial charge in [-0.1, -0.05) is 19.2 Å². The molecule has 1 heterocycles. The van der Waals surface area contributed by atoms with Crippen LogP contribution in [0.2, 0.25) is 0 Å². The Hall–Kier alpha value is -1.77. The highest BCUT2D eigenvalue weighted by molar-refractivity contribution is 5.61. The smallest absolute Gasteiger partial charge is 0.134 e. The van der Waals surface area contributed by atoms with E-state index in [9.17, 15) is 0 Å². The van der Waals surface area contributed by atoms with E-state index in [1.54, 1.807) is 6.07 Å². The van der Waals surface area contributed by atoms with Gasteiger partial charge in [0, 0.05) is 14.1 Å². The molecule has 0 atom stereocenters. The minimum atomic E-state index is -0.0293. The van der Waals surface area contributed by atoms with Crippen molar-refractivity contribution in [2.75, 3.05) is 14.1 Å². The van der Waals surface area contributed by atoms with Crippen molar-refractivity contribution in [1.29, 1.82) is 0 Å². The summed E-state index contributed by atoms with van der Waals surface area (Å²) in [5, 5.41) is 9.17. The molecule has 0 spiro atoms. The van der Waals surface area contributed by atoms with Crippen LogP contribution in [0.25, 0.3) is 11.5 Å². The van der Waals surface area contributed by atoms with Crippen LogP contribution < -0.4 is 0 Å². The maximum atomic E-state index is 9.17. The fourth-order valence-electron chi connectivity index (χ4n) is 0.985. The first-order valence-corrected chi connectivity index (χ1v) is 4.24. The van der Waals surface area contributed by atoms with E-state index < -0.39 is 0 Å². The molecule has 0 unspecified atom stereocenters. The molecule has 0 radical (unpaired) electrons. The standard InChI is InChI=1S/C11H14N2O/c1-8(13(3)4)10-6-5-7-11(12-10)9(2)14/h5-7,14H,1-2H2,3-4H3. The Balaban J connectivity index is 3.06. The Morgan fingerprint density at radius 3 is 2.36 bits per heavy atom. The van der Waals surface area contributed by atoms with Gasteiger partial charge in [0.15, 0.2) is 0 Å². The first-order valence-electron chi connectivity index (χ1n) is 4.24. The molecule has 0 fully saturated rings. The van der Waals surface area contributed by atoms with Crippen molar-refractivity contribution in [2.24, 2.45) is 0 Å². The minimum absolute atomic E-state index is 0.0293. The summed E-state index contributed by atoms with van der Waals surface area (Å²) in [7, 11) is 3.79. The van der Waals surface area contributed by atoms with E-state index in [4.69, 9.17) is 5.11 Å². The van der Waals surface area contributed by atoms with Crippen LogP contribution in [0.5, 0.6) is 0 Å². The average Bonchev–Trinajstić information content (AvgIpc) is 2.16. The quantitative estimate of drug-likeness (QED) is 0.742. The molecule has 1 rings (SSSR count). The lowest BCUT2D eigenvalue weighted by atomic mass is 10.2. The van der Waals surface area contributed by atoms with Crippen molar-refractivity contribution in [1.82, 2.24) is 9.88 Å². The SMILES string of the molecule is C=C(O)c1cccc(C(=C)N(C)C)n1. The molecule has 0 bridgehead atoms. The predicted molar refractivity (Wildman–Crippen MR) is 58.6 cm³/mol. The molecule has 1 aromatic heterocycles. The minimum Gasteiger partial charge on any atom is -0.506 e. The van der Waals surface area contributed by atoms with Crippen molar-refractivity contribution in [3.05, 3.63) is 42.7 Å². The summed E-state index contributed by atoms with van der Waals surface area (Å²) in [6.07, 6.45) is 0. The molecule has 1 aromatic rings. The Labute approximate surface area is 84.0 Å². The van der Waals surface area contributed by atoms with E-state index in [2.05, 4.69) is 18.1 Å². The molecule has 14 heavy (non-hydrogen) atoms. The van der Waals surface area contributed by atoms with Crippen molar-refractivity contribution in [2.45, 2.75) is 0 Å². The van der Waals surface area contributed by atoms with E-state index >= 15 is 0 Å². The molecular weight excluding hydrogens is 176 g/mol. The zero-order valence-electron chi connectivity index (χ0n) is 8.49. The fraction of sp³-hybridized carbons (Fsp3) is 0.182. The average molecular weight is 190 g/mol. The zero-order valence-corrected chi connectivity index (χ0v) is 8.49. The molecule has 0 aliphatic heterocycles. The molecule has 3 nitrogen and oxygen atoms in total. The van der Waals surface area contributed by atoms with E-state index in [0.717, 1.165) is 11.4 Å². The normalized spacial score (nSPS) is 9.57.